The number of nitroso groups, excluding NO2 is 1. The Bertz CT molecular complexity index is 159. The van der Waals surface area contributed by atoms with E-state index in [0.717, 1.165) is 32.1 Å². The summed E-state index contributed by atoms with van der Waals surface area (Å²) in [7, 11) is 0. The third kappa shape index (κ3) is 8.98. The van der Waals surface area contributed by atoms with Gasteiger partial charge in [0, 0.05) is 6.42 Å². The molecule has 0 spiro atoms. The summed E-state index contributed by atoms with van der Waals surface area (Å²) in [6.45, 7) is 1.80. The van der Waals surface area contributed by atoms with Gasteiger partial charge in [-0.15, -0.1) is 0 Å². The van der Waals surface area contributed by atoms with Gasteiger partial charge in [0.05, 0.1) is 6.04 Å². The number of carboxylic acid groups (broad SMARTS) is 1. The molecule has 0 amide bonds. The van der Waals surface area contributed by atoms with Crippen LogP contribution in [-0.2, 0) is 4.79 Å². The van der Waals surface area contributed by atoms with Crippen molar-refractivity contribution in [3.05, 3.63) is 4.91 Å². The minimum absolute atomic E-state index is 0.0977. The maximum Gasteiger partial charge on any atom is 0.303 e. The summed E-state index contributed by atoms with van der Waals surface area (Å²) in [6, 6.07) is -0.0977. The predicted octanol–water partition coefficient (Wildman–Crippen LogP) is 2.57. The molecule has 1 atom stereocenters. The van der Waals surface area contributed by atoms with E-state index in [2.05, 4.69) is 5.18 Å². The monoisotopic (exact) mass is 187 g/mol. The van der Waals surface area contributed by atoms with Gasteiger partial charge in [-0.2, -0.15) is 4.91 Å². The van der Waals surface area contributed by atoms with Crippen LogP contribution in [-0.4, -0.2) is 17.1 Å². The SMILES string of the molecule is CC(CCCCCCC(=O)O)N=O. The molecule has 4 heteroatoms. The maximum atomic E-state index is 10.1. The first kappa shape index (κ1) is 12.1. The number of rotatable bonds is 8. The van der Waals surface area contributed by atoms with E-state index in [4.69, 9.17) is 5.11 Å². The Balaban J connectivity index is 3.08. The Morgan fingerprint density at radius 2 is 1.92 bits per heavy atom. The summed E-state index contributed by atoms with van der Waals surface area (Å²) >= 11 is 0. The molecule has 4 nitrogen and oxygen atoms in total. The van der Waals surface area contributed by atoms with E-state index in [1.165, 1.54) is 0 Å². The van der Waals surface area contributed by atoms with Crippen molar-refractivity contribution in [2.75, 3.05) is 0 Å². The first-order valence-corrected chi connectivity index (χ1v) is 4.71. The van der Waals surface area contributed by atoms with Crippen molar-refractivity contribution in [1.82, 2.24) is 0 Å². The topological polar surface area (TPSA) is 66.7 Å². The minimum atomic E-state index is -0.733. The van der Waals surface area contributed by atoms with Gasteiger partial charge in [-0.05, 0) is 19.8 Å². The number of nitrogens with zero attached hydrogens (tertiary/aromatic N) is 1. The molecule has 1 N–H and O–H groups in total. The number of aliphatic carboxylic acids is 1. The van der Waals surface area contributed by atoms with E-state index >= 15 is 0 Å². The molecule has 76 valence electrons. The molecule has 0 radical (unpaired) electrons. The van der Waals surface area contributed by atoms with Crippen LogP contribution in [0.4, 0.5) is 0 Å². The highest BCUT2D eigenvalue weighted by Gasteiger charge is 2.00. The van der Waals surface area contributed by atoms with Crippen LogP contribution in [0.1, 0.15) is 45.4 Å². The molecule has 0 saturated carbocycles. The molecule has 0 bridgehead atoms. The molecule has 0 aromatic rings. The molecule has 0 saturated heterocycles. The molecule has 0 aliphatic rings. The summed E-state index contributed by atoms with van der Waals surface area (Å²) in [5, 5.41) is 11.2. The van der Waals surface area contributed by atoms with E-state index in [1.54, 1.807) is 6.92 Å². The van der Waals surface area contributed by atoms with Crippen molar-refractivity contribution in [2.45, 2.75) is 51.5 Å². The molecule has 0 fully saturated rings. The van der Waals surface area contributed by atoms with Gasteiger partial charge in [0.25, 0.3) is 0 Å². The van der Waals surface area contributed by atoms with Gasteiger partial charge in [-0.25, -0.2) is 0 Å². The predicted molar refractivity (Wildman–Crippen MR) is 50.6 cm³/mol. The second-order valence-corrected chi connectivity index (χ2v) is 3.30. The summed E-state index contributed by atoms with van der Waals surface area (Å²) in [5.74, 6) is -0.733. The molecule has 1 unspecified atom stereocenters. The molecule has 13 heavy (non-hydrogen) atoms. The Kier molecular flexibility index (Phi) is 7.15. The lowest BCUT2D eigenvalue weighted by molar-refractivity contribution is -0.137. The van der Waals surface area contributed by atoms with Crippen molar-refractivity contribution < 1.29 is 9.90 Å². The van der Waals surface area contributed by atoms with Gasteiger partial charge < -0.3 is 5.11 Å². The summed E-state index contributed by atoms with van der Waals surface area (Å²) in [6.07, 6.45) is 4.69. The number of carboxylic acids is 1. The van der Waals surface area contributed by atoms with Gasteiger partial charge in [-0.3, -0.25) is 4.79 Å². The third-order valence-electron chi connectivity index (χ3n) is 1.94. The molecule has 0 aliphatic heterocycles. The standard InChI is InChI=1S/C9H17NO3/c1-8(10-13)6-4-2-3-5-7-9(11)12/h8H,2-7H2,1H3,(H,11,12). The van der Waals surface area contributed by atoms with Crippen molar-refractivity contribution in [1.29, 1.82) is 0 Å². The lowest BCUT2D eigenvalue weighted by Gasteiger charge is -2.01. The van der Waals surface area contributed by atoms with Crippen molar-refractivity contribution in [2.24, 2.45) is 5.18 Å². The fourth-order valence-electron chi connectivity index (χ4n) is 1.12. The minimum Gasteiger partial charge on any atom is -0.481 e. The summed E-state index contributed by atoms with van der Waals surface area (Å²) in [4.78, 5) is 20.1. The van der Waals surface area contributed by atoms with Crippen LogP contribution in [0.15, 0.2) is 5.18 Å². The van der Waals surface area contributed by atoms with Gasteiger partial charge in [-0.1, -0.05) is 24.4 Å². The van der Waals surface area contributed by atoms with E-state index in [9.17, 15) is 9.70 Å². The van der Waals surface area contributed by atoms with E-state index in [1.807, 2.05) is 0 Å². The van der Waals surface area contributed by atoms with Crippen molar-refractivity contribution in [3.8, 4) is 0 Å². The van der Waals surface area contributed by atoms with Gasteiger partial charge in [0.1, 0.15) is 0 Å². The number of hydrogen-bond donors (Lipinski definition) is 1. The quantitative estimate of drug-likeness (QED) is 0.469. The lowest BCUT2D eigenvalue weighted by atomic mass is 10.1. The van der Waals surface area contributed by atoms with Crippen LogP contribution in [0.2, 0.25) is 0 Å². The third-order valence-corrected chi connectivity index (χ3v) is 1.94. The van der Waals surface area contributed by atoms with Crippen LogP contribution >= 0.6 is 0 Å². The van der Waals surface area contributed by atoms with Crippen molar-refractivity contribution in [3.63, 3.8) is 0 Å². The highest BCUT2D eigenvalue weighted by atomic mass is 16.4. The van der Waals surface area contributed by atoms with Crippen LogP contribution in [0.3, 0.4) is 0 Å². The fraction of sp³-hybridized carbons (Fsp3) is 0.889. The first-order valence-electron chi connectivity index (χ1n) is 4.71. The second-order valence-electron chi connectivity index (χ2n) is 3.30. The van der Waals surface area contributed by atoms with E-state index in [-0.39, 0.29) is 12.5 Å². The number of carbonyl (C=O) groups is 1. The molecule has 0 heterocycles. The maximum absolute atomic E-state index is 10.1. The van der Waals surface area contributed by atoms with Gasteiger partial charge in [0.2, 0.25) is 0 Å². The molecule has 0 aliphatic carbocycles. The van der Waals surface area contributed by atoms with Crippen molar-refractivity contribution >= 4 is 5.97 Å². The number of hydrogen-bond acceptors (Lipinski definition) is 3. The summed E-state index contributed by atoms with van der Waals surface area (Å²) < 4.78 is 0. The second kappa shape index (κ2) is 7.71. The van der Waals surface area contributed by atoms with E-state index in [0.29, 0.717) is 0 Å². The Morgan fingerprint density at radius 1 is 1.31 bits per heavy atom. The highest BCUT2D eigenvalue weighted by Crippen LogP contribution is 2.08. The molecular formula is C9H17NO3. The Labute approximate surface area is 78.3 Å². The number of unbranched alkanes of at least 4 members (excludes halogenated alkanes) is 3. The molecular weight excluding hydrogens is 170 g/mol. The van der Waals surface area contributed by atoms with Gasteiger partial charge >= 0.3 is 5.97 Å². The van der Waals surface area contributed by atoms with Crippen LogP contribution in [0.5, 0.6) is 0 Å². The fourth-order valence-corrected chi connectivity index (χ4v) is 1.12. The Morgan fingerprint density at radius 3 is 2.46 bits per heavy atom. The lowest BCUT2D eigenvalue weighted by Crippen LogP contribution is -1.96. The highest BCUT2D eigenvalue weighted by molar-refractivity contribution is 5.66. The van der Waals surface area contributed by atoms with Gasteiger partial charge in [0.15, 0.2) is 0 Å². The zero-order chi connectivity index (χ0) is 10.1. The Hall–Kier alpha value is -0.930. The molecule has 0 aromatic carbocycles. The first-order chi connectivity index (χ1) is 6.16. The molecule has 0 rings (SSSR count). The zero-order valence-electron chi connectivity index (χ0n) is 8.03. The van der Waals surface area contributed by atoms with Crippen LogP contribution in [0.25, 0.3) is 0 Å². The zero-order valence-corrected chi connectivity index (χ0v) is 8.03. The summed E-state index contributed by atoms with van der Waals surface area (Å²) in [5.41, 5.74) is 0. The largest absolute Gasteiger partial charge is 0.481 e. The van der Waals surface area contributed by atoms with Crippen LogP contribution < -0.4 is 0 Å². The smallest absolute Gasteiger partial charge is 0.303 e. The molecule has 0 aromatic heterocycles. The average Bonchev–Trinajstić information content (AvgIpc) is 2.10. The van der Waals surface area contributed by atoms with Crippen LogP contribution in [0, 0.1) is 4.91 Å². The normalized spacial score (nSPS) is 12.4. The average molecular weight is 187 g/mol. The van der Waals surface area contributed by atoms with E-state index < -0.39 is 5.97 Å².